The van der Waals surface area contributed by atoms with Gasteiger partial charge in [0, 0.05) is 11.3 Å². The Morgan fingerprint density at radius 3 is 1.93 bits per heavy atom. The second-order valence-electron chi connectivity index (χ2n) is 10.8. The van der Waals surface area contributed by atoms with Gasteiger partial charge >= 0.3 is 0 Å². The van der Waals surface area contributed by atoms with Gasteiger partial charge in [0.05, 0.1) is 11.0 Å². The van der Waals surface area contributed by atoms with Crippen molar-refractivity contribution in [1.82, 2.24) is 9.55 Å². The van der Waals surface area contributed by atoms with Gasteiger partial charge in [-0.1, -0.05) is 115 Å². The average Bonchev–Trinajstić information content (AvgIpc) is 3.43. The predicted molar refractivity (Wildman–Crippen MR) is 173 cm³/mol. The van der Waals surface area contributed by atoms with Gasteiger partial charge in [-0.3, -0.25) is 4.57 Å². The van der Waals surface area contributed by atoms with E-state index in [-0.39, 0.29) is 0 Å². The second kappa shape index (κ2) is 8.51. The molecule has 190 valence electrons. The van der Waals surface area contributed by atoms with Crippen molar-refractivity contribution in [1.29, 1.82) is 0 Å². The minimum absolute atomic E-state index is 0.951. The predicted octanol–water partition coefficient (Wildman–Crippen LogP) is 10.4. The number of nitrogens with zero attached hydrogens (tertiary/aromatic N) is 2. The monoisotopic (exact) mass is 520 g/mol. The highest BCUT2D eigenvalue weighted by atomic mass is 15.1. The van der Waals surface area contributed by atoms with Crippen LogP contribution in [0.5, 0.6) is 0 Å². The molecule has 0 radical (unpaired) electrons. The molecule has 0 saturated carbocycles. The van der Waals surface area contributed by atoms with Crippen LogP contribution in [0, 0.1) is 0 Å². The molecule has 2 nitrogen and oxygen atoms in total. The Kier molecular flexibility index (Phi) is 4.64. The molecule has 2 heteroatoms. The van der Waals surface area contributed by atoms with Crippen LogP contribution in [-0.4, -0.2) is 9.55 Å². The third kappa shape index (κ3) is 3.34. The van der Waals surface area contributed by atoms with Crippen LogP contribution < -0.4 is 0 Å². The molecule has 1 aromatic heterocycles. The third-order valence-corrected chi connectivity index (χ3v) is 8.53. The summed E-state index contributed by atoms with van der Waals surface area (Å²) in [5, 5.41) is 10.3. The highest BCUT2D eigenvalue weighted by Gasteiger charge is 2.16. The van der Waals surface area contributed by atoms with E-state index in [1.807, 2.05) is 0 Å². The lowest BCUT2D eigenvalue weighted by Crippen LogP contribution is -1.98. The van der Waals surface area contributed by atoms with Gasteiger partial charge in [0.1, 0.15) is 5.82 Å². The molecule has 0 fully saturated rings. The van der Waals surface area contributed by atoms with Gasteiger partial charge in [-0.25, -0.2) is 4.98 Å². The topological polar surface area (TPSA) is 17.8 Å². The van der Waals surface area contributed by atoms with Gasteiger partial charge < -0.3 is 0 Å². The van der Waals surface area contributed by atoms with E-state index in [0.29, 0.717) is 0 Å². The fourth-order valence-corrected chi connectivity index (χ4v) is 6.59. The van der Waals surface area contributed by atoms with Crippen LogP contribution in [-0.2, 0) is 0 Å². The number of rotatable bonds is 3. The summed E-state index contributed by atoms with van der Waals surface area (Å²) in [6.07, 6.45) is 0. The first kappa shape index (κ1) is 22.4. The van der Waals surface area contributed by atoms with E-state index in [1.165, 1.54) is 54.2 Å². The van der Waals surface area contributed by atoms with Crippen LogP contribution in [0.2, 0.25) is 0 Å². The summed E-state index contributed by atoms with van der Waals surface area (Å²) >= 11 is 0. The van der Waals surface area contributed by atoms with Crippen molar-refractivity contribution < 1.29 is 0 Å². The van der Waals surface area contributed by atoms with Crippen molar-refractivity contribution in [2.75, 3.05) is 0 Å². The van der Waals surface area contributed by atoms with E-state index in [4.69, 9.17) is 4.98 Å². The molecule has 9 rings (SSSR count). The number of imidazole rings is 1. The molecule has 0 aliphatic rings. The zero-order chi connectivity index (χ0) is 26.9. The molecule has 41 heavy (non-hydrogen) atoms. The fraction of sp³-hybridized carbons (Fsp3) is 0. The van der Waals surface area contributed by atoms with E-state index >= 15 is 0 Å². The lowest BCUT2D eigenvalue weighted by Gasteiger charge is -2.15. The zero-order valence-electron chi connectivity index (χ0n) is 22.3. The van der Waals surface area contributed by atoms with Crippen molar-refractivity contribution in [3.63, 3.8) is 0 Å². The van der Waals surface area contributed by atoms with E-state index in [0.717, 1.165) is 28.1 Å². The van der Waals surface area contributed by atoms with Gasteiger partial charge in [-0.2, -0.15) is 0 Å². The quantitative estimate of drug-likeness (QED) is 0.212. The van der Waals surface area contributed by atoms with Crippen LogP contribution in [0.4, 0.5) is 0 Å². The number of fused-ring (bicyclic) bond motifs is 2. The Morgan fingerprint density at radius 2 is 1.07 bits per heavy atom. The molecule has 0 amide bonds. The van der Waals surface area contributed by atoms with E-state index in [9.17, 15) is 0 Å². The molecule has 9 aromatic rings. The maximum absolute atomic E-state index is 5.10. The van der Waals surface area contributed by atoms with Crippen molar-refractivity contribution >= 4 is 54.1 Å². The summed E-state index contributed by atoms with van der Waals surface area (Å²) in [6.45, 7) is 0. The lowest BCUT2D eigenvalue weighted by atomic mass is 9.90. The first-order chi connectivity index (χ1) is 20.3. The SMILES string of the molecule is c1ccc2cc(-c3nc4ccccc4n3-c3ccc(-c4ccc5ccc6cccc7ccc4c5c67)cc3)ccc2c1. The van der Waals surface area contributed by atoms with Gasteiger partial charge in [-0.05, 0) is 84.5 Å². The average molecular weight is 521 g/mol. The zero-order valence-corrected chi connectivity index (χ0v) is 22.3. The lowest BCUT2D eigenvalue weighted by molar-refractivity contribution is 1.10. The van der Waals surface area contributed by atoms with Crippen molar-refractivity contribution in [2.45, 2.75) is 0 Å². The smallest absolute Gasteiger partial charge is 0.145 e. The molecular formula is C39H24N2. The molecule has 8 aromatic carbocycles. The summed E-state index contributed by atoms with van der Waals surface area (Å²) < 4.78 is 2.29. The first-order valence-electron chi connectivity index (χ1n) is 14.1. The van der Waals surface area contributed by atoms with Crippen molar-refractivity contribution in [3.05, 3.63) is 146 Å². The fourth-order valence-electron chi connectivity index (χ4n) is 6.59. The molecule has 0 atom stereocenters. The molecule has 0 bridgehead atoms. The Bertz CT molecular complexity index is 2400. The normalized spacial score (nSPS) is 11.9. The highest BCUT2D eigenvalue weighted by molar-refractivity contribution is 6.25. The van der Waals surface area contributed by atoms with Crippen LogP contribution in [0.3, 0.4) is 0 Å². The van der Waals surface area contributed by atoms with Crippen LogP contribution in [0.25, 0.3) is 82.3 Å². The molecule has 0 aliphatic carbocycles. The van der Waals surface area contributed by atoms with Gasteiger partial charge in [0.2, 0.25) is 0 Å². The maximum atomic E-state index is 5.10. The molecule has 1 heterocycles. The van der Waals surface area contributed by atoms with Gasteiger partial charge in [-0.15, -0.1) is 0 Å². The van der Waals surface area contributed by atoms with E-state index < -0.39 is 0 Å². The minimum atomic E-state index is 0.951. The standard InChI is InChI=1S/C39H24N2/c1-2-7-30-24-31(15-12-25(30)6-1)39-40-35-10-3-4-11-36(35)41(39)32-20-16-26(17-21-32)33-22-18-29-14-13-27-8-5-9-28-19-23-34(33)38(29)37(27)28/h1-24H. The molecular weight excluding hydrogens is 496 g/mol. The van der Waals surface area contributed by atoms with Gasteiger partial charge in [0.25, 0.3) is 0 Å². The molecule has 0 saturated heterocycles. The summed E-state index contributed by atoms with van der Waals surface area (Å²) in [4.78, 5) is 5.10. The molecule has 0 N–H and O–H groups in total. The van der Waals surface area contributed by atoms with Crippen LogP contribution in [0.15, 0.2) is 146 Å². The Morgan fingerprint density at radius 1 is 0.439 bits per heavy atom. The minimum Gasteiger partial charge on any atom is -0.292 e. The summed E-state index contributed by atoms with van der Waals surface area (Å²) in [7, 11) is 0. The Labute approximate surface area is 237 Å². The first-order valence-corrected chi connectivity index (χ1v) is 14.1. The number of benzene rings is 8. The second-order valence-corrected chi connectivity index (χ2v) is 10.8. The van der Waals surface area contributed by atoms with Crippen LogP contribution in [0.1, 0.15) is 0 Å². The number of aromatic nitrogens is 2. The summed E-state index contributed by atoms with van der Waals surface area (Å²) in [5.74, 6) is 0.951. The highest BCUT2D eigenvalue weighted by Crippen LogP contribution is 2.39. The van der Waals surface area contributed by atoms with Crippen molar-refractivity contribution in [2.24, 2.45) is 0 Å². The molecule has 0 spiro atoms. The summed E-state index contributed by atoms with van der Waals surface area (Å²) in [6, 6.07) is 52.6. The van der Waals surface area contributed by atoms with E-state index in [2.05, 4.69) is 150 Å². The Hall–Kier alpha value is -5.47. The van der Waals surface area contributed by atoms with E-state index in [1.54, 1.807) is 0 Å². The molecule has 0 aliphatic heterocycles. The van der Waals surface area contributed by atoms with Crippen LogP contribution >= 0.6 is 0 Å². The van der Waals surface area contributed by atoms with Gasteiger partial charge in [0.15, 0.2) is 0 Å². The number of para-hydroxylation sites is 2. The summed E-state index contributed by atoms with van der Waals surface area (Å²) in [5.41, 5.74) is 6.77. The Balaban J connectivity index is 1.22. The van der Waals surface area contributed by atoms with Crippen molar-refractivity contribution in [3.8, 4) is 28.2 Å². The number of hydrogen-bond donors (Lipinski definition) is 0. The largest absolute Gasteiger partial charge is 0.292 e. The number of hydrogen-bond acceptors (Lipinski definition) is 1. The maximum Gasteiger partial charge on any atom is 0.145 e. The molecule has 0 unspecified atom stereocenters. The third-order valence-electron chi connectivity index (χ3n) is 8.53.